The number of rotatable bonds is 4. The van der Waals surface area contributed by atoms with Gasteiger partial charge in [-0.15, -0.1) is 0 Å². The highest BCUT2D eigenvalue weighted by Gasteiger charge is 2.07. The third kappa shape index (κ3) is 3.55. The maximum Gasteiger partial charge on any atom is 0.305 e. The van der Waals surface area contributed by atoms with Gasteiger partial charge in [-0.2, -0.15) is 0 Å². The zero-order valence-electron chi connectivity index (χ0n) is 8.75. The van der Waals surface area contributed by atoms with Crippen LogP contribution in [0, 0.1) is 0 Å². The summed E-state index contributed by atoms with van der Waals surface area (Å²) < 4.78 is 10.8. The first-order valence-electron chi connectivity index (χ1n) is 4.56. The molecule has 0 saturated heterocycles. The van der Waals surface area contributed by atoms with Gasteiger partial charge in [0.2, 0.25) is 0 Å². The molecule has 0 saturated carbocycles. The smallest absolute Gasteiger partial charge is 0.305 e. The monoisotopic (exact) mass is 272 g/mol. The van der Waals surface area contributed by atoms with Crippen molar-refractivity contribution in [2.75, 3.05) is 14.2 Å². The molecule has 0 unspecified atom stereocenters. The highest BCUT2D eigenvalue weighted by Crippen LogP contribution is 2.24. The Kier molecular flexibility index (Phi) is 4.62. The molecule has 0 radical (unpaired) electrons. The molecule has 1 rings (SSSR count). The van der Waals surface area contributed by atoms with Crippen molar-refractivity contribution in [3.05, 3.63) is 28.2 Å². The highest BCUT2D eigenvalue weighted by molar-refractivity contribution is 9.10. The Balaban J connectivity index is 2.74. The van der Waals surface area contributed by atoms with Crippen molar-refractivity contribution in [3.8, 4) is 5.75 Å². The minimum absolute atomic E-state index is 0.211. The Labute approximate surface area is 97.5 Å². The number of hydrogen-bond acceptors (Lipinski definition) is 3. The molecule has 0 fully saturated rings. The molecule has 0 aromatic heterocycles. The lowest BCUT2D eigenvalue weighted by Gasteiger charge is -2.08. The van der Waals surface area contributed by atoms with E-state index in [0.717, 1.165) is 15.8 Å². The van der Waals surface area contributed by atoms with Crippen molar-refractivity contribution in [1.82, 2.24) is 0 Å². The lowest BCUT2D eigenvalue weighted by Crippen LogP contribution is -2.03. The third-order valence-corrected chi connectivity index (χ3v) is 2.56. The predicted molar refractivity (Wildman–Crippen MR) is 61.0 cm³/mol. The molecule has 4 heteroatoms. The molecular formula is C11H13BrO3. The minimum Gasteiger partial charge on any atom is -0.496 e. The summed E-state index contributed by atoms with van der Waals surface area (Å²) in [5, 5.41) is 0. The van der Waals surface area contributed by atoms with Crippen LogP contribution in [-0.4, -0.2) is 20.2 Å². The summed E-state index contributed by atoms with van der Waals surface area (Å²) in [6.45, 7) is 0. The van der Waals surface area contributed by atoms with E-state index in [1.165, 1.54) is 7.11 Å². The summed E-state index contributed by atoms with van der Waals surface area (Å²) >= 11 is 3.38. The van der Waals surface area contributed by atoms with E-state index < -0.39 is 0 Å². The van der Waals surface area contributed by atoms with Crippen LogP contribution in [0.1, 0.15) is 12.0 Å². The number of benzene rings is 1. The van der Waals surface area contributed by atoms with Crippen molar-refractivity contribution < 1.29 is 14.3 Å². The third-order valence-electron chi connectivity index (χ3n) is 2.07. The molecule has 0 bridgehead atoms. The van der Waals surface area contributed by atoms with Crippen LogP contribution in [0.4, 0.5) is 0 Å². The molecule has 0 spiro atoms. The van der Waals surface area contributed by atoms with Crippen molar-refractivity contribution in [1.29, 1.82) is 0 Å². The van der Waals surface area contributed by atoms with E-state index >= 15 is 0 Å². The number of methoxy groups -OCH3 is 2. The zero-order chi connectivity index (χ0) is 11.3. The first-order valence-corrected chi connectivity index (χ1v) is 5.36. The normalized spacial score (nSPS) is 9.80. The molecule has 0 aliphatic rings. The second-order valence-electron chi connectivity index (χ2n) is 3.03. The van der Waals surface area contributed by atoms with Gasteiger partial charge in [0.25, 0.3) is 0 Å². The van der Waals surface area contributed by atoms with E-state index in [1.807, 2.05) is 18.2 Å². The Morgan fingerprint density at radius 2 is 2.13 bits per heavy atom. The fraction of sp³-hybridized carbons (Fsp3) is 0.364. The zero-order valence-corrected chi connectivity index (χ0v) is 10.3. The van der Waals surface area contributed by atoms with Crippen LogP contribution in [0.25, 0.3) is 0 Å². The lowest BCUT2D eigenvalue weighted by atomic mass is 10.1. The van der Waals surface area contributed by atoms with Crippen molar-refractivity contribution in [2.24, 2.45) is 0 Å². The molecule has 1 aromatic rings. The summed E-state index contributed by atoms with van der Waals surface area (Å²) in [5.41, 5.74) is 0.997. The van der Waals surface area contributed by atoms with E-state index in [9.17, 15) is 4.79 Å². The van der Waals surface area contributed by atoms with Crippen molar-refractivity contribution >= 4 is 21.9 Å². The summed E-state index contributed by atoms with van der Waals surface area (Å²) in [6, 6.07) is 5.72. The van der Waals surface area contributed by atoms with Gasteiger partial charge in [-0.25, -0.2) is 0 Å². The molecule has 0 atom stereocenters. The average molecular weight is 273 g/mol. The summed E-state index contributed by atoms with van der Waals surface area (Å²) in [7, 11) is 3.01. The first kappa shape index (κ1) is 12.0. The van der Waals surface area contributed by atoms with E-state index in [0.29, 0.717) is 12.8 Å². The molecule has 0 aliphatic heterocycles. The lowest BCUT2D eigenvalue weighted by molar-refractivity contribution is -0.140. The van der Waals surface area contributed by atoms with Gasteiger partial charge in [0.15, 0.2) is 0 Å². The molecule has 0 N–H and O–H groups in total. The summed E-state index contributed by atoms with van der Waals surface area (Å²) in [6.07, 6.45) is 0.985. The van der Waals surface area contributed by atoms with Gasteiger partial charge >= 0.3 is 5.97 Å². The second kappa shape index (κ2) is 5.75. The first-order chi connectivity index (χ1) is 7.17. The van der Waals surface area contributed by atoms with Gasteiger partial charge < -0.3 is 9.47 Å². The Morgan fingerprint density at radius 1 is 1.40 bits per heavy atom. The quantitative estimate of drug-likeness (QED) is 0.791. The van der Waals surface area contributed by atoms with Gasteiger partial charge in [0.1, 0.15) is 5.75 Å². The van der Waals surface area contributed by atoms with Crippen LogP contribution < -0.4 is 4.74 Å². The van der Waals surface area contributed by atoms with Gasteiger partial charge in [-0.1, -0.05) is 15.9 Å². The van der Waals surface area contributed by atoms with E-state index in [-0.39, 0.29) is 5.97 Å². The highest BCUT2D eigenvalue weighted by atomic mass is 79.9. The van der Waals surface area contributed by atoms with Crippen LogP contribution in [-0.2, 0) is 16.0 Å². The number of hydrogen-bond donors (Lipinski definition) is 0. The number of esters is 1. The van der Waals surface area contributed by atoms with Crippen LogP contribution in [0.15, 0.2) is 22.7 Å². The van der Waals surface area contributed by atoms with Crippen LogP contribution in [0.5, 0.6) is 5.75 Å². The van der Waals surface area contributed by atoms with Crippen LogP contribution in [0.2, 0.25) is 0 Å². The Morgan fingerprint density at radius 3 is 2.73 bits per heavy atom. The fourth-order valence-corrected chi connectivity index (χ4v) is 1.69. The van der Waals surface area contributed by atoms with Gasteiger partial charge in [0.05, 0.1) is 14.2 Å². The van der Waals surface area contributed by atoms with Crippen molar-refractivity contribution in [2.45, 2.75) is 12.8 Å². The molecule has 82 valence electrons. The maximum atomic E-state index is 11.0. The van der Waals surface area contributed by atoms with Gasteiger partial charge in [0, 0.05) is 10.9 Å². The topological polar surface area (TPSA) is 35.5 Å². The molecule has 1 aromatic carbocycles. The SMILES string of the molecule is COC(=O)CCc1cc(Br)ccc1OC. The molecule has 0 heterocycles. The minimum atomic E-state index is -0.211. The van der Waals surface area contributed by atoms with Gasteiger partial charge in [-0.05, 0) is 30.2 Å². The van der Waals surface area contributed by atoms with Crippen LogP contribution >= 0.6 is 15.9 Å². The largest absolute Gasteiger partial charge is 0.496 e. The van der Waals surface area contributed by atoms with E-state index in [2.05, 4.69) is 20.7 Å². The fourth-order valence-electron chi connectivity index (χ4n) is 1.28. The molecular weight excluding hydrogens is 260 g/mol. The van der Waals surface area contributed by atoms with E-state index in [4.69, 9.17) is 4.74 Å². The number of halogens is 1. The number of ether oxygens (including phenoxy) is 2. The Bertz CT molecular complexity index is 350. The molecule has 0 aliphatic carbocycles. The number of carbonyl (C=O) groups is 1. The Hall–Kier alpha value is -1.03. The standard InChI is InChI=1S/C11H13BrO3/c1-14-10-5-4-9(12)7-8(10)3-6-11(13)15-2/h4-5,7H,3,6H2,1-2H3. The summed E-state index contributed by atoms with van der Waals surface area (Å²) in [5.74, 6) is 0.583. The molecule has 0 amide bonds. The predicted octanol–water partition coefficient (Wildman–Crippen LogP) is 2.56. The van der Waals surface area contributed by atoms with Crippen molar-refractivity contribution in [3.63, 3.8) is 0 Å². The average Bonchev–Trinajstić information content (AvgIpc) is 2.26. The molecule has 15 heavy (non-hydrogen) atoms. The van der Waals surface area contributed by atoms with Gasteiger partial charge in [-0.3, -0.25) is 4.79 Å². The summed E-state index contributed by atoms with van der Waals surface area (Å²) in [4.78, 5) is 11.0. The second-order valence-corrected chi connectivity index (χ2v) is 3.95. The number of carbonyl (C=O) groups excluding carboxylic acids is 1. The van der Waals surface area contributed by atoms with Crippen LogP contribution in [0.3, 0.4) is 0 Å². The maximum absolute atomic E-state index is 11.0. The van der Waals surface area contributed by atoms with E-state index in [1.54, 1.807) is 7.11 Å². The molecule has 3 nitrogen and oxygen atoms in total. The number of aryl methyl sites for hydroxylation is 1.